The quantitative estimate of drug-likeness (QED) is 0.469. The number of ether oxygens (including phenoxy) is 2. The smallest absolute Gasteiger partial charge is 0.424 e. The molecule has 0 aromatic heterocycles. The summed E-state index contributed by atoms with van der Waals surface area (Å²) in [5.41, 5.74) is -1.66. The largest absolute Gasteiger partial charge is 0.480 e. The first-order valence-electron chi connectivity index (χ1n) is 10.2. The number of carboxylic acids is 1. The van der Waals surface area contributed by atoms with Crippen LogP contribution in [-0.2, 0) is 29.3 Å². The number of cyclic esters (lactones) is 1. The first-order chi connectivity index (χ1) is 14.5. The number of hydrogen-bond acceptors (Lipinski definition) is 8. The Morgan fingerprint density at radius 3 is 2.22 bits per heavy atom. The molecule has 2 N–H and O–H groups in total. The van der Waals surface area contributed by atoms with Crippen LogP contribution in [0.4, 0.5) is 9.59 Å². The molecule has 12 nitrogen and oxygen atoms in total. The fourth-order valence-corrected chi connectivity index (χ4v) is 3.96. The highest BCUT2D eigenvalue weighted by atomic mass is 32.2. The highest BCUT2D eigenvalue weighted by Gasteiger charge is 2.37. The van der Waals surface area contributed by atoms with Crippen LogP contribution in [0.15, 0.2) is 0 Å². The van der Waals surface area contributed by atoms with Crippen molar-refractivity contribution in [1.82, 2.24) is 13.9 Å². The summed E-state index contributed by atoms with van der Waals surface area (Å²) in [6.07, 6.45) is -1.60. The van der Waals surface area contributed by atoms with Gasteiger partial charge in [0.15, 0.2) is 0 Å². The Labute approximate surface area is 188 Å². The molecule has 1 aliphatic rings. The lowest BCUT2D eigenvalue weighted by Gasteiger charge is -2.30. The van der Waals surface area contributed by atoms with Gasteiger partial charge in [-0.3, -0.25) is 9.59 Å². The number of amides is 3. The van der Waals surface area contributed by atoms with Gasteiger partial charge in [-0.1, -0.05) is 20.8 Å². The third-order valence-corrected chi connectivity index (χ3v) is 5.72. The van der Waals surface area contributed by atoms with Crippen LogP contribution >= 0.6 is 0 Å². The fourth-order valence-electron chi connectivity index (χ4n) is 2.69. The summed E-state index contributed by atoms with van der Waals surface area (Å²) < 4.78 is 36.8. The monoisotopic (exact) mass is 479 g/mol. The second kappa shape index (κ2) is 10.5. The van der Waals surface area contributed by atoms with Crippen LogP contribution in [0.3, 0.4) is 0 Å². The molecule has 0 aromatic rings. The van der Waals surface area contributed by atoms with E-state index in [4.69, 9.17) is 4.74 Å². The van der Waals surface area contributed by atoms with E-state index in [1.54, 1.807) is 41.5 Å². The minimum atomic E-state index is -4.38. The van der Waals surface area contributed by atoms with E-state index in [-0.39, 0.29) is 39.0 Å². The van der Waals surface area contributed by atoms with E-state index in [9.17, 15) is 32.7 Å². The molecule has 3 amide bonds. The highest BCUT2D eigenvalue weighted by Crippen LogP contribution is 2.21. The van der Waals surface area contributed by atoms with Crippen molar-refractivity contribution in [1.29, 1.82) is 0 Å². The van der Waals surface area contributed by atoms with Crippen molar-refractivity contribution in [3.63, 3.8) is 0 Å². The molecule has 1 fully saturated rings. The second-order valence-corrected chi connectivity index (χ2v) is 11.0. The van der Waals surface area contributed by atoms with Gasteiger partial charge >= 0.3 is 28.4 Å². The zero-order valence-corrected chi connectivity index (χ0v) is 20.2. The number of aliphatic carboxylic acids is 1. The van der Waals surface area contributed by atoms with E-state index >= 15 is 0 Å². The summed E-state index contributed by atoms with van der Waals surface area (Å²) in [7, 11) is -4.38. The molecule has 0 aliphatic carbocycles. The van der Waals surface area contributed by atoms with Crippen molar-refractivity contribution in [2.75, 3.05) is 19.7 Å². The lowest BCUT2D eigenvalue weighted by molar-refractivity contribution is -0.140. The van der Waals surface area contributed by atoms with Crippen LogP contribution in [0.25, 0.3) is 0 Å². The summed E-state index contributed by atoms with van der Waals surface area (Å²) in [5, 5.41) is 9.36. The predicted molar refractivity (Wildman–Crippen MR) is 113 cm³/mol. The van der Waals surface area contributed by atoms with Gasteiger partial charge in [-0.25, -0.2) is 14.5 Å². The minimum absolute atomic E-state index is 0.0252. The van der Waals surface area contributed by atoms with Crippen LogP contribution < -0.4 is 4.72 Å². The molecule has 32 heavy (non-hydrogen) atoms. The Balaban J connectivity index is 2.76. The zero-order valence-electron chi connectivity index (χ0n) is 19.3. The molecule has 1 rings (SSSR count). The Morgan fingerprint density at radius 1 is 1.19 bits per heavy atom. The molecule has 0 aromatic carbocycles. The molecule has 1 aliphatic heterocycles. The lowest BCUT2D eigenvalue weighted by atomic mass is 9.94. The number of carboxylic acid groups (broad SMARTS) is 1. The van der Waals surface area contributed by atoms with Gasteiger partial charge in [-0.2, -0.15) is 17.4 Å². The normalized spacial score (nSPS) is 15.8. The average molecular weight is 480 g/mol. The van der Waals surface area contributed by atoms with Gasteiger partial charge in [0.25, 0.3) is 0 Å². The molecule has 1 unspecified atom stereocenters. The maximum Gasteiger partial charge on any atom is 0.424 e. The summed E-state index contributed by atoms with van der Waals surface area (Å²) in [4.78, 5) is 49.1. The Morgan fingerprint density at radius 2 is 1.78 bits per heavy atom. The fraction of sp³-hybridized carbons (Fsp3) is 0.789. The maximum atomic E-state index is 12.7. The minimum Gasteiger partial charge on any atom is -0.480 e. The third-order valence-electron chi connectivity index (χ3n) is 4.23. The molecule has 1 atom stereocenters. The van der Waals surface area contributed by atoms with Crippen molar-refractivity contribution < 1.29 is 42.2 Å². The van der Waals surface area contributed by atoms with E-state index < -0.39 is 51.3 Å². The maximum absolute atomic E-state index is 12.7. The molecule has 184 valence electrons. The third kappa shape index (κ3) is 8.26. The molecule has 13 heteroatoms. The Hall–Kier alpha value is -2.41. The van der Waals surface area contributed by atoms with Crippen molar-refractivity contribution in [2.45, 2.75) is 72.4 Å². The molecule has 1 saturated heterocycles. The Bertz CT molecular complexity index is 828. The first-order valence-corrected chi connectivity index (χ1v) is 11.6. The van der Waals surface area contributed by atoms with Crippen LogP contribution in [0.2, 0.25) is 0 Å². The van der Waals surface area contributed by atoms with Crippen LogP contribution in [-0.4, -0.2) is 78.1 Å². The van der Waals surface area contributed by atoms with E-state index in [1.165, 1.54) is 0 Å². The number of imide groups is 1. The molecule has 0 radical (unpaired) electrons. The average Bonchev–Trinajstić information content (AvgIpc) is 3.04. The van der Waals surface area contributed by atoms with Gasteiger partial charge in [0.2, 0.25) is 5.91 Å². The molecule has 0 saturated carbocycles. The van der Waals surface area contributed by atoms with Gasteiger partial charge < -0.3 is 14.6 Å². The molecule has 0 bridgehead atoms. The van der Waals surface area contributed by atoms with Crippen molar-refractivity contribution in [3.05, 3.63) is 0 Å². The predicted octanol–water partition coefficient (Wildman–Crippen LogP) is 1.71. The van der Waals surface area contributed by atoms with Gasteiger partial charge in [0, 0.05) is 12.0 Å². The summed E-state index contributed by atoms with van der Waals surface area (Å²) in [6, 6.07) is -1.50. The molecule has 0 spiro atoms. The number of carbonyl (C=O) groups excluding carboxylic acids is 3. The van der Waals surface area contributed by atoms with Crippen LogP contribution in [0.1, 0.15) is 60.8 Å². The summed E-state index contributed by atoms with van der Waals surface area (Å²) in [5.74, 6) is -1.87. The van der Waals surface area contributed by atoms with Crippen LogP contribution in [0, 0.1) is 5.41 Å². The van der Waals surface area contributed by atoms with Crippen molar-refractivity contribution in [3.8, 4) is 0 Å². The molecular formula is C19H33N3O9S. The van der Waals surface area contributed by atoms with E-state index in [0.717, 1.165) is 4.90 Å². The number of unbranched alkanes of at least 4 members (excludes halogenated alkanes) is 1. The number of carbonyl (C=O) groups is 4. The molecule has 1 heterocycles. The number of nitrogens with zero attached hydrogens (tertiary/aromatic N) is 2. The lowest BCUT2D eigenvalue weighted by Crippen LogP contribution is -2.48. The zero-order chi connectivity index (χ0) is 24.9. The highest BCUT2D eigenvalue weighted by molar-refractivity contribution is 7.87. The van der Waals surface area contributed by atoms with Crippen LogP contribution in [0.5, 0.6) is 0 Å². The number of hydrogen-bond donors (Lipinski definition) is 2. The number of rotatable bonds is 9. The topological polar surface area (TPSA) is 160 Å². The van der Waals surface area contributed by atoms with Gasteiger partial charge in [0.05, 0.1) is 6.54 Å². The van der Waals surface area contributed by atoms with E-state index in [2.05, 4.69) is 4.74 Å². The molecular weight excluding hydrogens is 446 g/mol. The van der Waals surface area contributed by atoms with Crippen molar-refractivity contribution in [2.24, 2.45) is 5.41 Å². The van der Waals surface area contributed by atoms with E-state index in [0.29, 0.717) is 4.31 Å². The Kier molecular flexibility index (Phi) is 9.04. The number of nitrogens with one attached hydrogen (secondary N) is 1. The first kappa shape index (κ1) is 27.6. The second-order valence-electron chi connectivity index (χ2n) is 9.38. The summed E-state index contributed by atoms with van der Waals surface area (Å²) in [6.45, 7) is 9.64. The summed E-state index contributed by atoms with van der Waals surface area (Å²) >= 11 is 0. The van der Waals surface area contributed by atoms with Gasteiger partial charge in [-0.15, -0.1) is 0 Å². The van der Waals surface area contributed by atoms with Crippen molar-refractivity contribution >= 4 is 34.3 Å². The van der Waals surface area contributed by atoms with Gasteiger partial charge in [0.1, 0.15) is 18.2 Å². The van der Waals surface area contributed by atoms with E-state index in [1.807, 2.05) is 4.72 Å². The standard InChI is InChI=1S/C19H33N3O9S/c1-18(2,3)15(25)21(16(26)31-19(4,5)6)10-8-7-9-13(14(23)24)20-32(28,29)22-11-12-30-17(22)27/h13,20H,7-12H2,1-6H3,(H,23,24). The van der Waals surface area contributed by atoms with Gasteiger partial charge in [-0.05, 0) is 40.0 Å². The SMILES string of the molecule is CC(C)(C)OC(=O)N(CCCCC(NS(=O)(=O)N1CCOC1=O)C(=O)O)C(=O)C(C)(C)C.